The van der Waals surface area contributed by atoms with Crippen molar-refractivity contribution in [3.05, 3.63) is 149 Å². The Morgan fingerprint density at radius 2 is 1.07 bits per heavy atom. The SMILES string of the molecule is CC(C)(Cc1ccc(C=CO)cc1)Oc1ccc(C=CC=Cc2ccc(OC(C)(C)OCc3ccccc3)cc2)cc1. The van der Waals surface area contributed by atoms with Gasteiger partial charge < -0.3 is 19.3 Å². The number of hydrogen-bond donors (Lipinski definition) is 1. The molecular weight excluding hydrogens is 520 g/mol. The molecular formula is C38H40O4. The number of ether oxygens (including phenoxy) is 3. The summed E-state index contributed by atoms with van der Waals surface area (Å²) in [4.78, 5) is 0. The van der Waals surface area contributed by atoms with E-state index >= 15 is 0 Å². The largest absolute Gasteiger partial charge is 0.516 e. The molecule has 0 bridgehead atoms. The van der Waals surface area contributed by atoms with Crippen molar-refractivity contribution in [2.75, 3.05) is 0 Å². The average Bonchev–Trinajstić information content (AvgIpc) is 2.97. The van der Waals surface area contributed by atoms with Gasteiger partial charge >= 0.3 is 0 Å². The van der Waals surface area contributed by atoms with Crippen LogP contribution in [0.3, 0.4) is 0 Å². The van der Waals surface area contributed by atoms with Gasteiger partial charge in [-0.05, 0) is 72.0 Å². The first-order valence-corrected chi connectivity index (χ1v) is 14.2. The first-order valence-electron chi connectivity index (χ1n) is 14.2. The molecule has 42 heavy (non-hydrogen) atoms. The molecule has 0 spiro atoms. The number of rotatable bonds is 13. The molecule has 4 aromatic carbocycles. The van der Waals surface area contributed by atoms with E-state index in [9.17, 15) is 0 Å². The van der Waals surface area contributed by atoms with Gasteiger partial charge in [-0.2, -0.15) is 0 Å². The fraction of sp³-hybridized carbons (Fsp3) is 0.211. The predicted molar refractivity (Wildman–Crippen MR) is 173 cm³/mol. The lowest BCUT2D eigenvalue weighted by Crippen LogP contribution is -2.31. The first-order chi connectivity index (χ1) is 20.2. The minimum absolute atomic E-state index is 0.361. The molecule has 0 radical (unpaired) electrons. The summed E-state index contributed by atoms with van der Waals surface area (Å²) in [5, 5.41) is 8.93. The Morgan fingerprint density at radius 3 is 1.62 bits per heavy atom. The molecule has 0 amide bonds. The highest BCUT2D eigenvalue weighted by molar-refractivity contribution is 5.58. The molecule has 0 atom stereocenters. The van der Waals surface area contributed by atoms with Gasteiger partial charge in [0.1, 0.15) is 17.1 Å². The normalized spacial score (nSPS) is 12.4. The summed E-state index contributed by atoms with van der Waals surface area (Å²) in [6.07, 6.45) is 11.7. The van der Waals surface area contributed by atoms with Crippen LogP contribution in [-0.2, 0) is 17.8 Å². The van der Waals surface area contributed by atoms with Gasteiger partial charge in [0, 0.05) is 20.3 Å². The van der Waals surface area contributed by atoms with E-state index in [1.54, 1.807) is 6.08 Å². The van der Waals surface area contributed by atoms with Crippen molar-refractivity contribution < 1.29 is 19.3 Å². The number of hydrogen-bond acceptors (Lipinski definition) is 4. The van der Waals surface area contributed by atoms with Crippen LogP contribution in [0.25, 0.3) is 18.2 Å². The van der Waals surface area contributed by atoms with Crippen LogP contribution in [0.2, 0.25) is 0 Å². The quantitative estimate of drug-likeness (QED) is 0.100. The minimum atomic E-state index is -0.738. The fourth-order valence-corrected chi connectivity index (χ4v) is 4.45. The molecule has 0 aliphatic heterocycles. The van der Waals surface area contributed by atoms with Gasteiger partial charge in [0.2, 0.25) is 5.79 Å². The molecule has 216 valence electrons. The second kappa shape index (κ2) is 14.4. The number of aliphatic hydroxyl groups is 1. The van der Waals surface area contributed by atoms with Crippen LogP contribution in [-0.4, -0.2) is 16.5 Å². The molecule has 0 aliphatic carbocycles. The Labute approximate surface area is 250 Å². The fourth-order valence-electron chi connectivity index (χ4n) is 4.45. The molecule has 0 aliphatic rings. The molecule has 0 saturated heterocycles. The maximum absolute atomic E-state index is 8.93. The lowest BCUT2D eigenvalue weighted by atomic mass is 9.97. The standard InChI is InChI=1S/C38H40O4/c1-37(2,28-33-16-14-32(15-17-33)26-27-39)41-35-22-18-30(19-23-35)10-8-9-11-31-20-24-36(25-21-31)42-38(3,4)40-29-34-12-6-5-7-13-34/h5-27,39H,28-29H2,1-4H3. The van der Waals surface area contributed by atoms with Gasteiger partial charge in [0.15, 0.2) is 0 Å². The Morgan fingerprint density at radius 1 is 0.571 bits per heavy atom. The predicted octanol–water partition coefficient (Wildman–Crippen LogP) is 9.67. The average molecular weight is 561 g/mol. The van der Waals surface area contributed by atoms with Gasteiger partial charge in [-0.1, -0.05) is 103 Å². The molecule has 4 heteroatoms. The number of allylic oxidation sites excluding steroid dienone is 2. The van der Waals surface area contributed by atoms with Crippen LogP contribution < -0.4 is 9.47 Å². The van der Waals surface area contributed by atoms with Crippen LogP contribution in [0.15, 0.2) is 122 Å². The van der Waals surface area contributed by atoms with Crippen molar-refractivity contribution in [1.29, 1.82) is 0 Å². The summed E-state index contributed by atoms with van der Waals surface area (Å²) < 4.78 is 18.3. The summed E-state index contributed by atoms with van der Waals surface area (Å²) in [5.74, 6) is 0.862. The molecule has 0 heterocycles. The topological polar surface area (TPSA) is 47.9 Å². The van der Waals surface area contributed by atoms with Crippen LogP contribution in [0, 0.1) is 0 Å². The maximum Gasteiger partial charge on any atom is 0.205 e. The van der Waals surface area contributed by atoms with Gasteiger partial charge in [0.25, 0.3) is 0 Å². The first kappa shape index (κ1) is 30.4. The van der Waals surface area contributed by atoms with Crippen molar-refractivity contribution in [3.8, 4) is 11.5 Å². The van der Waals surface area contributed by atoms with E-state index < -0.39 is 5.79 Å². The highest BCUT2D eigenvalue weighted by Crippen LogP contribution is 2.24. The van der Waals surface area contributed by atoms with Crippen molar-refractivity contribution >= 4 is 18.2 Å². The van der Waals surface area contributed by atoms with Crippen LogP contribution in [0.1, 0.15) is 55.5 Å². The van der Waals surface area contributed by atoms with Crippen molar-refractivity contribution in [3.63, 3.8) is 0 Å². The second-order valence-corrected chi connectivity index (χ2v) is 11.2. The zero-order valence-electron chi connectivity index (χ0n) is 24.9. The summed E-state index contributed by atoms with van der Waals surface area (Å²) in [6, 6.07) is 34.3. The summed E-state index contributed by atoms with van der Waals surface area (Å²) in [6.45, 7) is 8.52. The van der Waals surface area contributed by atoms with E-state index in [1.807, 2.05) is 105 Å². The Kier molecular flexibility index (Phi) is 10.4. The van der Waals surface area contributed by atoms with E-state index in [2.05, 4.69) is 50.3 Å². The summed E-state index contributed by atoms with van der Waals surface area (Å²) in [5.41, 5.74) is 5.08. The van der Waals surface area contributed by atoms with Gasteiger partial charge in [0.05, 0.1) is 12.9 Å². The van der Waals surface area contributed by atoms with E-state index in [0.29, 0.717) is 6.61 Å². The molecule has 4 aromatic rings. The van der Waals surface area contributed by atoms with Crippen molar-refractivity contribution in [2.45, 2.75) is 52.1 Å². The molecule has 0 fully saturated rings. The smallest absolute Gasteiger partial charge is 0.205 e. The zero-order valence-corrected chi connectivity index (χ0v) is 24.9. The van der Waals surface area contributed by atoms with E-state index in [1.165, 1.54) is 5.56 Å². The molecule has 0 aromatic heterocycles. The van der Waals surface area contributed by atoms with Gasteiger partial charge in [-0.25, -0.2) is 0 Å². The number of aliphatic hydroxyl groups excluding tert-OH is 1. The van der Waals surface area contributed by atoms with Gasteiger partial charge in [-0.3, -0.25) is 0 Å². The van der Waals surface area contributed by atoms with E-state index in [0.717, 1.165) is 46.4 Å². The lowest BCUT2D eigenvalue weighted by molar-refractivity contribution is -0.164. The van der Waals surface area contributed by atoms with E-state index in [-0.39, 0.29) is 5.60 Å². The Balaban J connectivity index is 1.24. The highest BCUT2D eigenvalue weighted by atomic mass is 16.7. The third-order valence-electron chi connectivity index (χ3n) is 6.51. The summed E-state index contributed by atoms with van der Waals surface area (Å²) in [7, 11) is 0. The summed E-state index contributed by atoms with van der Waals surface area (Å²) >= 11 is 0. The monoisotopic (exact) mass is 560 g/mol. The van der Waals surface area contributed by atoms with Crippen LogP contribution >= 0.6 is 0 Å². The molecule has 4 rings (SSSR count). The molecule has 1 N–H and O–H groups in total. The van der Waals surface area contributed by atoms with E-state index in [4.69, 9.17) is 19.3 Å². The third-order valence-corrected chi connectivity index (χ3v) is 6.51. The Hall–Kier alpha value is -4.54. The maximum atomic E-state index is 8.93. The second-order valence-electron chi connectivity index (χ2n) is 11.2. The molecule has 0 saturated carbocycles. The van der Waals surface area contributed by atoms with Crippen LogP contribution in [0.5, 0.6) is 11.5 Å². The zero-order chi connectivity index (χ0) is 29.8. The van der Waals surface area contributed by atoms with Crippen molar-refractivity contribution in [1.82, 2.24) is 0 Å². The third kappa shape index (κ3) is 10.1. The van der Waals surface area contributed by atoms with Crippen molar-refractivity contribution in [2.24, 2.45) is 0 Å². The Bertz CT molecular complexity index is 1460. The van der Waals surface area contributed by atoms with Crippen LogP contribution in [0.4, 0.5) is 0 Å². The highest BCUT2D eigenvalue weighted by Gasteiger charge is 2.21. The van der Waals surface area contributed by atoms with Gasteiger partial charge in [-0.15, -0.1) is 0 Å². The minimum Gasteiger partial charge on any atom is -0.516 e. The molecule has 0 unspecified atom stereocenters. The lowest BCUT2D eigenvalue weighted by Gasteiger charge is -2.27. The molecule has 4 nitrogen and oxygen atoms in total. The number of benzene rings is 4.